The van der Waals surface area contributed by atoms with E-state index in [4.69, 9.17) is 14.0 Å². The molecule has 1 saturated carbocycles. The quantitative estimate of drug-likeness (QED) is 0.291. The molecule has 1 aliphatic carbocycles. The van der Waals surface area contributed by atoms with E-state index in [1.54, 1.807) is 23.9 Å². The number of nitrogens with zero attached hydrogens (tertiary/aromatic N) is 6. The zero-order valence-corrected chi connectivity index (χ0v) is 20.1. The fourth-order valence-electron chi connectivity index (χ4n) is 4.73. The van der Waals surface area contributed by atoms with Crippen molar-refractivity contribution in [3.05, 3.63) is 65.7 Å². The summed E-state index contributed by atoms with van der Waals surface area (Å²) < 4.78 is 45.1. The van der Waals surface area contributed by atoms with Crippen molar-refractivity contribution in [1.29, 1.82) is 0 Å². The van der Waals surface area contributed by atoms with Gasteiger partial charge in [-0.1, -0.05) is 29.4 Å². The van der Waals surface area contributed by atoms with E-state index in [9.17, 15) is 8.78 Å². The molecule has 1 fully saturated rings. The van der Waals surface area contributed by atoms with Gasteiger partial charge in [-0.05, 0) is 36.5 Å². The molecule has 5 aromatic rings. The molecule has 0 saturated heterocycles. The molecule has 37 heavy (non-hydrogen) atoms. The van der Waals surface area contributed by atoms with Gasteiger partial charge in [0.25, 0.3) is 0 Å². The monoisotopic (exact) mass is 506 g/mol. The summed E-state index contributed by atoms with van der Waals surface area (Å²) in [5, 5.41) is 19.0. The fraction of sp³-hybridized carbons (Fsp3) is 0.346. The van der Waals surface area contributed by atoms with Crippen molar-refractivity contribution in [2.45, 2.75) is 50.7 Å². The van der Waals surface area contributed by atoms with Crippen LogP contribution >= 0.6 is 0 Å². The van der Waals surface area contributed by atoms with Gasteiger partial charge in [-0.15, -0.1) is 15.3 Å². The molecule has 0 amide bonds. The molecule has 0 bridgehead atoms. The number of alkyl halides is 2. The van der Waals surface area contributed by atoms with Crippen molar-refractivity contribution >= 4 is 16.4 Å². The van der Waals surface area contributed by atoms with Crippen LogP contribution in [0.2, 0.25) is 0 Å². The number of aromatic nitrogens is 6. The summed E-state index contributed by atoms with van der Waals surface area (Å²) in [5.74, 6) is -1.06. The molecule has 1 aromatic carbocycles. The minimum atomic E-state index is -2.54. The Bertz CT molecular complexity index is 1540. The molecule has 190 valence electrons. The zero-order chi connectivity index (χ0) is 25.4. The second-order valence-electron chi connectivity index (χ2n) is 9.22. The highest BCUT2D eigenvalue weighted by Crippen LogP contribution is 2.40. The van der Waals surface area contributed by atoms with Crippen molar-refractivity contribution in [3.8, 4) is 17.4 Å². The first-order chi connectivity index (χ1) is 18.0. The maximum absolute atomic E-state index is 13.5. The van der Waals surface area contributed by atoms with E-state index in [0.29, 0.717) is 47.3 Å². The van der Waals surface area contributed by atoms with Crippen molar-refractivity contribution in [1.82, 2.24) is 30.0 Å². The Morgan fingerprint density at radius 3 is 2.62 bits per heavy atom. The average molecular weight is 507 g/mol. The topological polar surface area (TPSA) is 100 Å². The maximum atomic E-state index is 13.5. The van der Waals surface area contributed by atoms with Gasteiger partial charge in [0.1, 0.15) is 13.2 Å². The number of hydrogen-bond donors (Lipinski definition) is 0. The summed E-state index contributed by atoms with van der Waals surface area (Å²) in [6.07, 6.45) is 2.57. The third-order valence-corrected chi connectivity index (χ3v) is 6.70. The number of rotatable bonds is 7. The number of ether oxygens (including phenoxy) is 2. The average Bonchev–Trinajstić information content (AvgIpc) is 3.55. The van der Waals surface area contributed by atoms with Crippen LogP contribution in [0, 0.1) is 0 Å². The minimum Gasteiger partial charge on any atom is -0.470 e. The van der Waals surface area contributed by atoms with Crippen LogP contribution in [0.3, 0.4) is 0 Å². The van der Waals surface area contributed by atoms with E-state index in [2.05, 4.69) is 25.4 Å². The number of pyridine rings is 1. The van der Waals surface area contributed by atoms with Crippen LogP contribution in [-0.2, 0) is 18.0 Å². The van der Waals surface area contributed by atoms with Gasteiger partial charge in [0.2, 0.25) is 17.6 Å². The number of hydrogen-bond acceptors (Lipinski definition) is 8. The predicted octanol–water partition coefficient (Wildman–Crippen LogP) is 5.35. The van der Waals surface area contributed by atoms with Crippen LogP contribution in [-0.4, -0.2) is 43.0 Å². The summed E-state index contributed by atoms with van der Waals surface area (Å²) in [6.45, 7) is 0.471. The Balaban J connectivity index is 1.26. The maximum Gasteiger partial charge on any atom is 0.248 e. The Morgan fingerprint density at radius 2 is 1.86 bits per heavy atom. The first-order valence-corrected chi connectivity index (χ1v) is 12.1. The summed E-state index contributed by atoms with van der Waals surface area (Å²) in [7, 11) is 1.57. The standard InChI is InChI=1S/C26H24F2N6O3/c1-35-15-19-12-22(33-37-19)24-31-30-23-20-4-2-3-5-21(20)25(32-34(23)24)36-14-18-7-6-17(13-29-18)16-8-10-26(27,28)11-9-16/h2-7,12-13,16H,8-11,14-15H2,1H3. The van der Waals surface area contributed by atoms with Crippen molar-refractivity contribution < 1.29 is 22.8 Å². The molecular formula is C26H24F2N6O3. The van der Waals surface area contributed by atoms with E-state index in [-0.39, 0.29) is 32.0 Å². The highest BCUT2D eigenvalue weighted by atomic mass is 19.3. The normalized spacial score (nSPS) is 16.0. The summed E-state index contributed by atoms with van der Waals surface area (Å²) in [4.78, 5) is 4.52. The van der Waals surface area contributed by atoms with Crippen LogP contribution in [0.15, 0.2) is 53.2 Å². The van der Waals surface area contributed by atoms with Crippen LogP contribution < -0.4 is 4.74 Å². The van der Waals surface area contributed by atoms with E-state index in [1.165, 1.54) is 0 Å². The van der Waals surface area contributed by atoms with Gasteiger partial charge < -0.3 is 14.0 Å². The van der Waals surface area contributed by atoms with E-state index >= 15 is 0 Å². The number of halogens is 2. The van der Waals surface area contributed by atoms with Gasteiger partial charge in [-0.25, -0.2) is 8.78 Å². The highest BCUT2D eigenvalue weighted by molar-refractivity contribution is 5.96. The number of benzene rings is 1. The predicted molar refractivity (Wildman–Crippen MR) is 129 cm³/mol. The smallest absolute Gasteiger partial charge is 0.248 e. The molecule has 4 aromatic heterocycles. The lowest BCUT2D eigenvalue weighted by Crippen LogP contribution is -2.23. The van der Waals surface area contributed by atoms with Gasteiger partial charge in [0, 0.05) is 43.0 Å². The van der Waals surface area contributed by atoms with Crippen molar-refractivity contribution in [2.24, 2.45) is 0 Å². The molecule has 0 spiro atoms. The molecule has 0 unspecified atom stereocenters. The van der Waals surface area contributed by atoms with Gasteiger partial charge >= 0.3 is 0 Å². The van der Waals surface area contributed by atoms with Crippen LogP contribution in [0.1, 0.15) is 48.6 Å². The van der Waals surface area contributed by atoms with Crippen LogP contribution in [0.5, 0.6) is 5.88 Å². The van der Waals surface area contributed by atoms with E-state index in [1.807, 2.05) is 36.4 Å². The second-order valence-corrected chi connectivity index (χ2v) is 9.22. The minimum absolute atomic E-state index is 0.0725. The molecule has 0 N–H and O–H groups in total. The van der Waals surface area contributed by atoms with Gasteiger partial charge in [-0.3, -0.25) is 4.98 Å². The van der Waals surface area contributed by atoms with E-state index < -0.39 is 5.92 Å². The van der Waals surface area contributed by atoms with Crippen LogP contribution in [0.25, 0.3) is 27.9 Å². The molecule has 0 radical (unpaired) electrons. The molecule has 11 heteroatoms. The molecule has 0 aliphatic heterocycles. The molecule has 0 atom stereocenters. The largest absolute Gasteiger partial charge is 0.470 e. The molecule has 9 nitrogen and oxygen atoms in total. The third-order valence-electron chi connectivity index (χ3n) is 6.70. The van der Waals surface area contributed by atoms with Gasteiger partial charge in [0.15, 0.2) is 17.1 Å². The lowest BCUT2D eigenvalue weighted by molar-refractivity contribution is -0.0382. The highest BCUT2D eigenvalue weighted by Gasteiger charge is 2.35. The molecular weight excluding hydrogens is 482 g/mol. The summed E-state index contributed by atoms with van der Waals surface area (Å²) in [6, 6.07) is 13.2. The van der Waals surface area contributed by atoms with Crippen LogP contribution in [0.4, 0.5) is 8.78 Å². The number of methoxy groups -OCH3 is 1. The molecule has 1 aliphatic rings. The first kappa shape index (κ1) is 23.4. The zero-order valence-electron chi connectivity index (χ0n) is 20.1. The summed E-state index contributed by atoms with van der Waals surface area (Å²) in [5.41, 5.74) is 2.74. The fourth-order valence-corrected chi connectivity index (χ4v) is 4.73. The third kappa shape index (κ3) is 4.62. The molecule has 6 rings (SSSR count). The SMILES string of the molecule is COCc1cc(-c2nnc3c4ccccc4c(OCc4ccc(C5CCC(F)(F)CC5)cn4)nn23)no1. The van der Waals surface area contributed by atoms with Crippen molar-refractivity contribution in [3.63, 3.8) is 0 Å². The lowest BCUT2D eigenvalue weighted by Gasteiger charge is -2.28. The summed E-state index contributed by atoms with van der Waals surface area (Å²) >= 11 is 0. The lowest BCUT2D eigenvalue weighted by atomic mass is 9.83. The first-order valence-electron chi connectivity index (χ1n) is 12.1. The Kier molecular flexibility index (Phi) is 5.99. The second kappa shape index (κ2) is 9.47. The van der Waals surface area contributed by atoms with Gasteiger partial charge in [-0.2, -0.15) is 4.52 Å². The van der Waals surface area contributed by atoms with E-state index in [0.717, 1.165) is 16.3 Å². The number of fused-ring (bicyclic) bond motifs is 3. The Hall–Kier alpha value is -3.99. The Morgan fingerprint density at radius 1 is 1.05 bits per heavy atom. The Labute approximate surface area is 210 Å². The van der Waals surface area contributed by atoms with Gasteiger partial charge in [0.05, 0.1) is 5.69 Å². The molecule has 4 heterocycles. The van der Waals surface area contributed by atoms with Crippen molar-refractivity contribution in [2.75, 3.05) is 7.11 Å².